The van der Waals surface area contributed by atoms with Crippen LogP contribution in [-0.2, 0) is 16.1 Å². The van der Waals surface area contributed by atoms with Crippen molar-refractivity contribution in [2.75, 3.05) is 7.11 Å². The molecule has 0 saturated carbocycles. The summed E-state index contributed by atoms with van der Waals surface area (Å²) in [5.41, 5.74) is 1.46. The van der Waals surface area contributed by atoms with Crippen molar-refractivity contribution in [3.8, 4) is 5.75 Å². The maximum absolute atomic E-state index is 13.3. The number of carbonyl (C=O) groups is 2. The van der Waals surface area contributed by atoms with Gasteiger partial charge in [0.1, 0.15) is 18.2 Å². The molecule has 31 heavy (non-hydrogen) atoms. The van der Waals surface area contributed by atoms with Gasteiger partial charge in [-0.3, -0.25) is 4.79 Å². The predicted octanol–water partition coefficient (Wildman–Crippen LogP) is 5.51. The van der Waals surface area contributed by atoms with Gasteiger partial charge in [-0.25, -0.2) is 9.18 Å². The topological polar surface area (TPSA) is 64.6 Å². The number of rotatable bonds is 8. The fourth-order valence-corrected chi connectivity index (χ4v) is 3.62. The standard InChI is InChI=1S/C24H22FNO4S/c1-29-20-11-13-21(14-12-20)31-23(27)15-22(18-7-9-19(25)10-8-18)26-24(28)30-16-17-5-3-2-4-6-17/h2-14,22H,15-16H2,1H3,(H,26,28)/t22-/m1/s1. The first-order chi connectivity index (χ1) is 15.0. The Morgan fingerprint density at radius 2 is 1.65 bits per heavy atom. The van der Waals surface area contributed by atoms with Gasteiger partial charge in [-0.1, -0.05) is 54.2 Å². The number of hydrogen-bond acceptors (Lipinski definition) is 5. The Labute approximate surface area is 184 Å². The van der Waals surface area contributed by atoms with Crippen molar-refractivity contribution in [1.29, 1.82) is 0 Å². The molecule has 3 rings (SSSR count). The minimum absolute atomic E-state index is 0.0166. The van der Waals surface area contributed by atoms with E-state index in [1.807, 2.05) is 30.3 Å². The molecule has 0 unspecified atom stereocenters. The van der Waals surface area contributed by atoms with Gasteiger partial charge in [0.2, 0.25) is 0 Å². The normalized spacial score (nSPS) is 11.4. The molecule has 1 amide bonds. The molecule has 0 bridgehead atoms. The van der Waals surface area contributed by atoms with Crippen molar-refractivity contribution < 1.29 is 23.5 Å². The van der Waals surface area contributed by atoms with E-state index in [-0.39, 0.29) is 18.1 Å². The van der Waals surface area contributed by atoms with Gasteiger partial charge in [-0.2, -0.15) is 0 Å². The van der Waals surface area contributed by atoms with E-state index in [0.717, 1.165) is 22.2 Å². The molecule has 0 aliphatic carbocycles. The molecule has 0 spiro atoms. The molecule has 7 heteroatoms. The first kappa shape index (κ1) is 22.4. The molecule has 5 nitrogen and oxygen atoms in total. The van der Waals surface area contributed by atoms with Gasteiger partial charge in [-0.05, 0) is 47.5 Å². The quantitative estimate of drug-likeness (QED) is 0.469. The zero-order valence-electron chi connectivity index (χ0n) is 16.9. The number of thioether (sulfide) groups is 1. The van der Waals surface area contributed by atoms with Crippen LogP contribution in [0.25, 0.3) is 0 Å². The molecule has 160 valence electrons. The SMILES string of the molecule is COc1ccc(SC(=O)C[C@@H](NC(=O)OCc2ccccc2)c2ccc(F)cc2)cc1. The van der Waals surface area contributed by atoms with E-state index < -0.39 is 18.0 Å². The fraction of sp³-hybridized carbons (Fsp3) is 0.167. The fourth-order valence-electron chi connectivity index (χ4n) is 2.84. The second kappa shape index (κ2) is 11.2. The summed E-state index contributed by atoms with van der Waals surface area (Å²) < 4.78 is 23.7. The first-order valence-electron chi connectivity index (χ1n) is 9.61. The van der Waals surface area contributed by atoms with Crippen LogP contribution < -0.4 is 10.1 Å². The molecule has 3 aromatic rings. The van der Waals surface area contributed by atoms with Crippen LogP contribution in [0.3, 0.4) is 0 Å². The third kappa shape index (κ3) is 7.15. The molecule has 0 radical (unpaired) electrons. The number of amides is 1. The molecule has 1 N–H and O–H groups in total. The molecule has 0 heterocycles. The Kier molecular flexibility index (Phi) is 8.06. The minimum Gasteiger partial charge on any atom is -0.497 e. The maximum Gasteiger partial charge on any atom is 0.407 e. The first-order valence-corrected chi connectivity index (χ1v) is 10.4. The molecule has 0 fully saturated rings. The number of ether oxygens (including phenoxy) is 2. The van der Waals surface area contributed by atoms with Crippen LogP contribution in [0.5, 0.6) is 5.75 Å². The highest BCUT2D eigenvalue weighted by molar-refractivity contribution is 8.13. The largest absolute Gasteiger partial charge is 0.497 e. The summed E-state index contributed by atoms with van der Waals surface area (Å²) in [6, 6.07) is 21.4. The zero-order valence-corrected chi connectivity index (χ0v) is 17.7. The van der Waals surface area contributed by atoms with Crippen LogP contribution in [0, 0.1) is 5.82 Å². The van der Waals surface area contributed by atoms with E-state index in [0.29, 0.717) is 11.3 Å². The number of nitrogens with one attached hydrogen (secondary N) is 1. The van der Waals surface area contributed by atoms with Crippen LogP contribution in [0.2, 0.25) is 0 Å². The molecular weight excluding hydrogens is 417 g/mol. The highest BCUT2D eigenvalue weighted by atomic mass is 32.2. The van der Waals surface area contributed by atoms with Gasteiger partial charge in [0, 0.05) is 11.3 Å². The summed E-state index contributed by atoms with van der Waals surface area (Å²) in [5.74, 6) is 0.303. The van der Waals surface area contributed by atoms with E-state index in [1.165, 1.54) is 12.1 Å². The lowest BCUT2D eigenvalue weighted by Crippen LogP contribution is -2.30. The Balaban J connectivity index is 1.64. The van der Waals surface area contributed by atoms with Crippen LogP contribution in [0.1, 0.15) is 23.6 Å². The van der Waals surface area contributed by atoms with E-state index >= 15 is 0 Å². The zero-order chi connectivity index (χ0) is 22.1. The second-order valence-electron chi connectivity index (χ2n) is 6.66. The van der Waals surface area contributed by atoms with Crippen LogP contribution >= 0.6 is 11.8 Å². The summed E-state index contributed by atoms with van der Waals surface area (Å²) in [6.07, 6.45) is -0.636. The predicted molar refractivity (Wildman–Crippen MR) is 117 cm³/mol. The van der Waals surface area contributed by atoms with Gasteiger partial charge in [0.25, 0.3) is 0 Å². The highest BCUT2D eigenvalue weighted by Gasteiger charge is 2.20. The Bertz CT molecular complexity index is 994. The average Bonchev–Trinajstić information content (AvgIpc) is 2.79. The van der Waals surface area contributed by atoms with E-state index in [2.05, 4.69) is 5.32 Å². The van der Waals surface area contributed by atoms with Crippen molar-refractivity contribution in [2.24, 2.45) is 0 Å². The molecule has 0 saturated heterocycles. The maximum atomic E-state index is 13.3. The summed E-state index contributed by atoms with van der Waals surface area (Å²) in [4.78, 5) is 25.7. The van der Waals surface area contributed by atoms with E-state index in [9.17, 15) is 14.0 Å². The molecule has 0 aromatic heterocycles. The molecule has 3 aromatic carbocycles. The lowest BCUT2D eigenvalue weighted by atomic mass is 10.0. The summed E-state index contributed by atoms with van der Waals surface area (Å²) in [7, 11) is 1.57. The van der Waals surface area contributed by atoms with Gasteiger partial charge in [-0.15, -0.1) is 0 Å². The van der Waals surface area contributed by atoms with Crippen molar-refractivity contribution in [2.45, 2.75) is 24.0 Å². The van der Waals surface area contributed by atoms with Crippen molar-refractivity contribution in [3.05, 3.63) is 95.8 Å². The smallest absolute Gasteiger partial charge is 0.407 e. The monoisotopic (exact) mass is 439 g/mol. The number of hydrogen-bond donors (Lipinski definition) is 1. The summed E-state index contributed by atoms with van der Waals surface area (Å²) in [5, 5.41) is 2.57. The van der Waals surface area contributed by atoms with Gasteiger partial charge < -0.3 is 14.8 Å². The van der Waals surface area contributed by atoms with Crippen molar-refractivity contribution in [1.82, 2.24) is 5.32 Å². The number of carbonyl (C=O) groups excluding carboxylic acids is 2. The van der Waals surface area contributed by atoms with Crippen molar-refractivity contribution >= 4 is 23.0 Å². The number of methoxy groups -OCH3 is 1. The average molecular weight is 440 g/mol. The van der Waals surface area contributed by atoms with Crippen molar-refractivity contribution in [3.63, 3.8) is 0 Å². The minimum atomic E-state index is -0.652. The van der Waals surface area contributed by atoms with E-state index in [4.69, 9.17) is 9.47 Å². The lowest BCUT2D eigenvalue weighted by molar-refractivity contribution is -0.111. The Hall–Kier alpha value is -3.32. The molecule has 0 aliphatic heterocycles. The van der Waals surface area contributed by atoms with Crippen LogP contribution in [0.15, 0.2) is 83.8 Å². The second-order valence-corrected chi connectivity index (χ2v) is 7.79. The third-order valence-corrected chi connectivity index (χ3v) is 5.34. The highest BCUT2D eigenvalue weighted by Crippen LogP contribution is 2.27. The van der Waals surface area contributed by atoms with Gasteiger partial charge in [0.15, 0.2) is 5.12 Å². The molecular formula is C24H22FNO4S. The number of alkyl carbamates (subject to hydrolysis) is 1. The van der Waals surface area contributed by atoms with Crippen LogP contribution in [0.4, 0.5) is 9.18 Å². The Morgan fingerprint density at radius 1 is 0.968 bits per heavy atom. The summed E-state index contributed by atoms with van der Waals surface area (Å²) in [6.45, 7) is 0.108. The van der Waals surface area contributed by atoms with E-state index in [1.54, 1.807) is 43.5 Å². The third-order valence-electron chi connectivity index (χ3n) is 4.44. The number of benzene rings is 3. The van der Waals surface area contributed by atoms with Gasteiger partial charge >= 0.3 is 6.09 Å². The van der Waals surface area contributed by atoms with Crippen LogP contribution in [-0.4, -0.2) is 18.3 Å². The lowest BCUT2D eigenvalue weighted by Gasteiger charge is -2.18. The summed E-state index contributed by atoms with van der Waals surface area (Å²) >= 11 is 1.07. The molecule has 0 aliphatic rings. The van der Waals surface area contributed by atoms with Gasteiger partial charge in [0.05, 0.1) is 13.2 Å². The number of halogens is 1. The molecule has 1 atom stereocenters. The Morgan fingerprint density at radius 3 is 2.29 bits per heavy atom.